The van der Waals surface area contributed by atoms with Gasteiger partial charge in [-0.15, -0.1) is 0 Å². The first-order valence-electron chi connectivity index (χ1n) is 10.7. The molecule has 0 bridgehead atoms. The Labute approximate surface area is 178 Å². The Morgan fingerprint density at radius 1 is 1.16 bits per heavy atom. The van der Waals surface area contributed by atoms with Crippen molar-refractivity contribution in [2.45, 2.75) is 63.4 Å². The Kier molecular flexibility index (Phi) is 6.34. The minimum Gasteiger partial charge on any atom is -0.393 e. The number of carbonyl (C=O) groups is 1. The van der Waals surface area contributed by atoms with Gasteiger partial charge in [0.15, 0.2) is 11.5 Å². The van der Waals surface area contributed by atoms with Gasteiger partial charge in [-0.05, 0) is 63.1 Å². The van der Waals surface area contributed by atoms with Crippen molar-refractivity contribution in [2.24, 2.45) is 5.92 Å². The van der Waals surface area contributed by atoms with E-state index in [9.17, 15) is 23.1 Å². The van der Waals surface area contributed by atoms with Crippen molar-refractivity contribution in [2.75, 3.05) is 6.54 Å². The van der Waals surface area contributed by atoms with E-state index in [2.05, 4.69) is 15.8 Å². The highest BCUT2D eigenvalue weighted by atomic mass is 19.4. The second-order valence-electron chi connectivity index (χ2n) is 8.48. The van der Waals surface area contributed by atoms with E-state index in [1.54, 1.807) is 0 Å². The molecular formula is C22H26F3N3O3. The second-order valence-corrected chi connectivity index (χ2v) is 8.48. The zero-order valence-corrected chi connectivity index (χ0v) is 17.0. The van der Waals surface area contributed by atoms with Gasteiger partial charge in [-0.2, -0.15) is 13.2 Å². The number of alkyl halides is 3. The normalized spacial score (nSPS) is 21.8. The van der Waals surface area contributed by atoms with Crippen LogP contribution in [0.15, 0.2) is 28.8 Å². The number of aliphatic hydroxyl groups is 1. The smallest absolute Gasteiger partial charge is 0.393 e. The van der Waals surface area contributed by atoms with Crippen molar-refractivity contribution in [1.82, 2.24) is 15.8 Å². The number of hydrogen-bond donors (Lipinski definition) is 3. The highest BCUT2D eigenvalue weighted by Gasteiger charge is 2.31. The summed E-state index contributed by atoms with van der Waals surface area (Å²) < 4.78 is 44.1. The van der Waals surface area contributed by atoms with Gasteiger partial charge in [-0.25, -0.2) is 0 Å². The third-order valence-corrected chi connectivity index (χ3v) is 5.89. The number of nitrogens with one attached hydrogen (secondary N) is 2. The summed E-state index contributed by atoms with van der Waals surface area (Å²) in [6.45, 7) is 1.12. The molecule has 0 radical (unpaired) electrons. The topological polar surface area (TPSA) is 87.4 Å². The van der Waals surface area contributed by atoms with Crippen LogP contribution < -0.4 is 10.6 Å². The van der Waals surface area contributed by atoms with Crippen LogP contribution in [0.4, 0.5) is 13.2 Å². The summed E-state index contributed by atoms with van der Waals surface area (Å²) >= 11 is 0. The molecule has 0 spiro atoms. The minimum atomic E-state index is -4.43. The maximum absolute atomic E-state index is 12.9. The first-order valence-corrected chi connectivity index (χ1v) is 10.7. The molecule has 2 aromatic rings. The average molecular weight is 437 g/mol. The molecule has 2 saturated carbocycles. The number of rotatable bonds is 7. The highest BCUT2D eigenvalue weighted by Crippen LogP contribution is 2.33. The van der Waals surface area contributed by atoms with Crippen LogP contribution in [0.3, 0.4) is 0 Å². The van der Waals surface area contributed by atoms with E-state index in [-0.39, 0.29) is 17.5 Å². The van der Waals surface area contributed by atoms with Crippen LogP contribution in [-0.2, 0) is 12.7 Å². The van der Waals surface area contributed by atoms with Crippen LogP contribution in [0.2, 0.25) is 0 Å². The van der Waals surface area contributed by atoms with E-state index in [0.717, 1.165) is 37.9 Å². The number of aromatic nitrogens is 1. The molecule has 4 rings (SSSR count). The van der Waals surface area contributed by atoms with E-state index < -0.39 is 23.8 Å². The SMILES string of the molecule is O=C(N[C@@H]1CCC[C@H](O)C1)c1noc(-c2ccc(C(F)(F)F)cc2)c1CNCC1CC1. The van der Waals surface area contributed by atoms with Gasteiger partial charge < -0.3 is 20.3 Å². The molecule has 1 aromatic carbocycles. The van der Waals surface area contributed by atoms with Gasteiger partial charge in [0.1, 0.15) is 0 Å². The number of aliphatic hydroxyl groups excluding tert-OH is 1. The molecule has 1 amide bonds. The molecule has 6 nitrogen and oxygen atoms in total. The fraction of sp³-hybridized carbons (Fsp3) is 0.545. The predicted molar refractivity (Wildman–Crippen MR) is 107 cm³/mol. The fourth-order valence-electron chi connectivity index (χ4n) is 3.96. The van der Waals surface area contributed by atoms with Gasteiger partial charge in [0, 0.05) is 23.7 Å². The Morgan fingerprint density at radius 2 is 1.90 bits per heavy atom. The Hall–Kier alpha value is -2.39. The third-order valence-electron chi connectivity index (χ3n) is 5.89. The molecule has 1 heterocycles. The number of benzene rings is 1. The highest BCUT2D eigenvalue weighted by molar-refractivity contribution is 5.95. The van der Waals surface area contributed by atoms with Crippen LogP contribution >= 0.6 is 0 Å². The second kappa shape index (κ2) is 9.00. The van der Waals surface area contributed by atoms with E-state index >= 15 is 0 Å². The van der Waals surface area contributed by atoms with Crippen LogP contribution in [-0.4, -0.2) is 34.9 Å². The molecule has 2 aliphatic rings. The van der Waals surface area contributed by atoms with Gasteiger partial charge in [0.25, 0.3) is 5.91 Å². The molecule has 2 atom stereocenters. The minimum absolute atomic E-state index is 0.123. The number of nitrogens with zero attached hydrogens (tertiary/aromatic N) is 1. The largest absolute Gasteiger partial charge is 0.416 e. The van der Waals surface area contributed by atoms with Gasteiger partial charge >= 0.3 is 6.18 Å². The molecular weight excluding hydrogens is 411 g/mol. The summed E-state index contributed by atoms with van der Waals surface area (Å²) in [5, 5.41) is 20.0. The third kappa shape index (κ3) is 5.46. The summed E-state index contributed by atoms with van der Waals surface area (Å²) in [4.78, 5) is 12.9. The zero-order chi connectivity index (χ0) is 22.0. The van der Waals surface area contributed by atoms with E-state index in [1.165, 1.54) is 25.0 Å². The van der Waals surface area contributed by atoms with E-state index in [0.29, 0.717) is 30.0 Å². The monoisotopic (exact) mass is 437 g/mol. The lowest BCUT2D eigenvalue weighted by Gasteiger charge is -2.26. The Morgan fingerprint density at radius 3 is 2.55 bits per heavy atom. The van der Waals surface area contributed by atoms with Gasteiger partial charge in [0.05, 0.1) is 11.7 Å². The van der Waals surface area contributed by atoms with Gasteiger partial charge in [-0.3, -0.25) is 4.79 Å². The van der Waals surface area contributed by atoms with E-state index in [4.69, 9.17) is 4.52 Å². The number of halogens is 3. The lowest BCUT2D eigenvalue weighted by atomic mass is 9.93. The molecule has 1 aromatic heterocycles. The summed E-state index contributed by atoms with van der Waals surface area (Å²) in [6.07, 6.45) is 0.303. The Bertz CT molecular complexity index is 907. The zero-order valence-electron chi connectivity index (χ0n) is 17.0. The maximum atomic E-state index is 12.9. The van der Waals surface area contributed by atoms with Crippen molar-refractivity contribution in [3.63, 3.8) is 0 Å². The molecule has 0 aliphatic heterocycles. The molecule has 31 heavy (non-hydrogen) atoms. The summed E-state index contributed by atoms with van der Waals surface area (Å²) in [5.74, 6) is 0.505. The molecule has 2 aliphatic carbocycles. The van der Waals surface area contributed by atoms with Crippen LogP contribution in [0.25, 0.3) is 11.3 Å². The summed E-state index contributed by atoms with van der Waals surface area (Å²) in [6, 6.07) is 4.49. The Balaban J connectivity index is 1.56. The van der Waals surface area contributed by atoms with Crippen molar-refractivity contribution in [3.8, 4) is 11.3 Å². The molecule has 9 heteroatoms. The molecule has 168 valence electrons. The first-order chi connectivity index (χ1) is 14.8. The van der Waals surface area contributed by atoms with Gasteiger partial charge in [0.2, 0.25) is 0 Å². The summed E-state index contributed by atoms with van der Waals surface area (Å²) in [5.41, 5.74) is 0.321. The molecule has 0 saturated heterocycles. The van der Waals surface area contributed by atoms with Crippen LogP contribution in [0, 0.1) is 5.92 Å². The lowest BCUT2D eigenvalue weighted by molar-refractivity contribution is -0.137. The van der Waals surface area contributed by atoms with Crippen molar-refractivity contribution in [1.29, 1.82) is 0 Å². The van der Waals surface area contributed by atoms with Crippen molar-refractivity contribution >= 4 is 5.91 Å². The quantitative estimate of drug-likeness (QED) is 0.612. The standard InChI is InChI=1S/C22H26F3N3O3/c23-22(24,25)15-8-6-14(7-9-15)20-18(12-26-11-13-4-5-13)19(28-31-20)21(30)27-16-2-1-3-17(29)10-16/h6-9,13,16-17,26,29H,1-5,10-12H2,(H,27,30)/t16-,17+/m1/s1. The molecule has 2 fully saturated rings. The number of carbonyl (C=O) groups excluding carboxylic acids is 1. The molecule has 0 unspecified atom stereocenters. The lowest BCUT2D eigenvalue weighted by Crippen LogP contribution is -2.40. The number of amides is 1. The first kappa shape index (κ1) is 21.8. The van der Waals surface area contributed by atoms with Gasteiger partial charge in [-0.1, -0.05) is 17.3 Å². The van der Waals surface area contributed by atoms with Crippen molar-refractivity contribution < 1.29 is 27.6 Å². The van der Waals surface area contributed by atoms with Crippen molar-refractivity contribution in [3.05, 3.63) is 41.1 Å². The van der Waals surface area contributed by atoms with Crippen LogP contribution in [0.1, 0.15) is 60.1 Å². The maximum Gasteiger partial charge on any atom is 0.416 e. The summed E-state index contributed by atoms with van der Waals surface area (Å²) in [7, 11) is 0. The fourth-order valence-corrected chi connectivity index (χ4v) is 3.96. The van der Waals surface area contributed by atoms with E-state index in [1.807, 2.05) is 0 Å². The molecule has 3 N–H and O–H groups in total. The predicted octanol–water partition coefficient (Wildman–Crippen LogP) is 3.89. The van der Waals surface area contributed by atoms with Crippen LogP contribution in [0.5, 0.6) is 0 Å². The average Bonchev–Trinajstić information content (AvgIpc) is 3.44. The number of hydrogen-bond acceptors (Lipinski definition) is 5.